The van der Waals surface area contributed by atoms with Crippen molar-refractivity contribution in [3.05, 3.63) is 34.3 Å². The molecule has 2 atom stereocenters. The molecule has 0 spiro atoms. The summed E-state index contributed by atoms with van der Waals surface area (Å²) in [6, 6.07) is 3.96. The zero-order valence-electron chi connectivity index (χ0n) is 8.81. The standard InChI is InChI=1S/C11H12Cl2O4/c12-2-1-9(14)10(15)6-3-7(11(16)17)5-8(13)4-6/h3-5,9-10,14-15H,1-2H2,(H,16,17). The van der Waals surface area contributed by atoms with Gasteiger partial charge in [0, 0.05) is 10.9 Å². The molecule has 0 aromatic heterocycles. The van der Waals surface area contributed by atoms with Crippen molar-refractivity contribution in [3.63, 3.8) is 0 Å². The first kappa shape index (κ1) is 14.3. The zero-order chi connectivity index (χ0) is 13.0. The SMILES string of the molecule is O=C(O)c1cc(Cl)cc(C(O)C(O)CCCl)c1. The van der Waals surface area contributed by atoms with Crippen molar-refractivity contribution in [2.75, 3.05) is 5.88 Å². The topological polar surface area (TPSA) is 77.8 Å². The van der Waals surface area contributed by atoms with E-state index in [-0.39, 0.29) is 28.5 Å². The summed E-state index contributed by atoms with van der Waals surface area (Å²) in [6.07, 6.45) is -2.05. The number of rotatable bonds is 5. The Balaban J connectivity index is 3.01. The molecule has 1 aromatic carbocycles. The molecule has 94 valence electrons. The van der Waals surface area contributed by atoms with Gasteiger partial charge in [-0.1, -0.05) is 11.6 Å². The lowest BCUT2D eigenvalue weighted by Gasteiger charge is -2.17. The molecule has 0 saturated heterocycles. The average molecular weight is 279 g/mol. The molecule has 6 heteroatoms. The van der Waals surface area contributed by atoms with E-state index in [1.807, 2.05) is 0 Å². The Morgan fingerprint density at radius 2 is 1.94 bits per heavy atom. The highest BCUT2D eigenvalue weighted by molar-refractivity contribution is 6.31. The van der Waals surface area contributed by atoms with Crippen molar-refractivity contribution in [2.45, 2.75) is 18.6 Å². The number of carboxylic acids is 1. The highest BCUT2D eigenvalue weighted by Crippen LogP contribution is 2.24. The van der Waals surface area contributed by atoms with Crippen LogP contribution in [0.4, 0.5) is 0 Å². The molecule has 4 nitrogen and oxygen atoms in total. The number of hydrogen-bond acceptors (Lipinski definition) is 3. The van der Waals surface area contributed by atoms with E-state index in [4.69, 9.17) is 28.3 Å². The second-order valence-corrected chi connectivity index (χ2v) is 4.38. The lowest BCUT2D eigenvalue weighted by Crippen LogP contribution is -2.19. The third kappa shape index (κ3) is 3.85. The van der Waals surface area contributed by atoms with Crippen molar-refractivity contribution in [2.24, 2.45) is 0 Å². The molecule has 0 aliphatic carbocycles. The highest BCUT2D eigenvalue weighted by Gasteiger charge is 2.19. The summed E-state index contributed by atoms with van der Waals surface area (Å²) in [5.74, 6) is -0.947. The number of alkyl halides is 1. The number of carboxylic acid groups (broad SMARTS) is 1. The van der Waals surface area contributed by atoms with Crippen molar-refractivity contribution < 1.29 is 20.1 Å². The monoisotopic (exact) mass is 278 g/mol. The largest absolute Gasteiger partial charge is 0.478 e. The number of aliphatic hydroxyl groups is 2. The van der Waals surface area contributed by atoms with Crippen LogP contribution in [0.15, 0.2) is 18.2 Å². The van der Waals surface area contributed by atoms with Crippen LogP contribution in [-0.4, -0.2) is 33.3 Å². The number of aliphatic hydroxyl groups excluding tert-OH is 2. The van der Waals surface area contributed by atoms with Gasteiger partial charge in [-0.15, -0.1) is 11.6 Å². The smallest absolute Gasteiger partial charge is 0.335 e. The van der Waals surface area contributed by atoms with Crippen LogP contribution < -0.4 is 0 Å². The second kappa shape index (κ2) is 6.21. The van der Waals surface area contributed by atoms with Gasteiger partial charge in [0.25, 0.3) is 0 Å². The summed E-state index contributed by atoms with van der Waals surface area (Å²) in [5.41, 5.74) is 0.220. The van der Waals surface area contributed by atoms with E-state index in [0.717, 1.165) is 0 Å². The van der Waals surface area contributed by atoms with Crippen LogP contribution in [0.5, 0.6) is 0 Å². The number of halogens is 2. The molecule has 0 aliphatic rings. The molecule has 0 radical (unpaired) electrons. The van der Waals surface area contributed by atoms with E-state index in [0.29, 0.717) is 0 Å². The minimum Gasteiger partial charge on any atom is -0.478 e. The van der Waals surface area contributed by atoms with Gasteiger partial charge in [-0.2, -0.15) is 0 Å². The van der Waals surface area contributed by atoms with E-state index in [1.165, 1.54) is 18.2 Å². The number of aromatic carboxylic acids is 1. The third-order valence-corrected chi connectivity index (χ3v) is 2.71. The minimum atomic E-state index is -1.20. The molecular formula is C11H12Cl2O4. The van der Waals surface area contributed by atoms with Crippen molar-refractivity contribution in [3.8, 4) is 0 Å². The molecule has 0 amide bonds. The first-order chi connectivity index (χ1) is 7.95. The van der Waals surface area contributed by atoms with Crippen LogP contribution in [0.25, 0.3) is 0 Å². The third-order valence-electron chi connectivity index (χ3n) is 2.28. The summed E-state index contributed by atoms with van der Waals surface area (Å²) < 4.78 is 0. The average Bonchev–Trinajstić information content (AvgIpc) is 2.27. The molecule has 1 aromatic rings. The van der Waals surface area contributed by atoms with Gasteiger partial charge in [-0.3, -0.25) is 0 Å². The van der Waals surface area contributed by atoms with Crippen LogP contribution in [0.1, 0.15) is 28.4 Å². The molecule has 0 bridgehead atoms. The lowest BCUT2D eigenvalue weighted by molar-refractivity contribution is 0.0169. The summed E-state index contributed by atoms with van der Waals surface area (Å²) in [5, 5.41) is 28.4. The number of hydrogen-bond donors (Lipinski definition) is 3. The first-order valence-electron chi connectivity index (χ1n) is 4.91. The Morgan fingerprint density at radius 3 is 2.47 bits per heavy atom. The first-order valence-corrected chi connectivity index (χ1v) is 5.83. The lowest BCUT2D eigenvalue weighted by atomic mass is 10.0. The molecule has 0 saturated carbocycles. The van der Waals surface area contributed by atoms with Crippen LogP contribution in [-0.2, 0) is 0 Å². The van der Waals surface area contributed by atoms with Crippen LogP contribution in [0, 0.1) is 0 Å². The Morgan fingerprint density at radius 1 is 1.29 bits per heavy atom. The molecule has 0 aliphatic heterocycles. The van der Waals surface area contributed by atoms with Gasteiger partial charge in [0.05, 0.1) is 11.7 Å². The number of benzene rings is 1. The van der Waals surface area contributed by atoms with E-state index in [2.05, 4.69) is 0 Å². The van der Waals surface area contributed by atoms with E-state index >= 15 is 0 Å². The van der Waals surface area contributed by atoms with E-state index in [9.17, 15) is 15.0 Å². The molecule has 0 fully saturated rings. The van der Waals surface area contributed by atoms with E-state index < -0.39 is 18.2 Å². The fourth-order valence-corrected chi connectivity index (χ4v) is 1.87. The summed E-state index contributed by atoms with van der Waals surface area (Å²) in [7, 11) is 0. The maximum absolute atomic E-state index is 10.8. The van der Waals surface area contributed by atoms with Crippen molar-refractivity contribution in [1.82, 2.24) is 0 Å². The predicted octanol–water partition coefficient (Wildman–Crippen LogP) is 2.06. The van der Waals surface area contributed by atoms with Crippen LogP contribution in [0.3, 0.4) is 0 Å². The molecular weight excluding hydrogens is 267 g/mol. The minimum absolute atomic E-state index is 0.0374. The second-order valence-electron chi connectivity index (χ2n) is 3.57. The normalized spacial score (nSPS) is 14.4. The molecule has 3 N–H and O–H groups in total. The summed E-state index contributed by atoms with van der Waals surface area (Å²) in [6.45, 7) is 0. The molecule has 2 unspecified atom stereocenters. The Kier molecular flexibility index (Phi) is 5.21. The van der Waals surface area contributed by atoms with Crippen molar-refractivity contribution in [1.29, 1.82) is 0 Å². The van der Waals surface area contributed by atoms with Gasteiger partial charge in [-0.25, -0.2) is 4.79 Å². The summed E-state index contributed by atoms with van der Waals surface area (Å²) >= 11 is 11.2. The predicted molar refractivity (Wildman–Crippen MR) is 64.7 cm³/mol. The van der Waals surface area contributed by atoms with Crippen LogP contribution in [0.2, 0.25) is 5.02 Å². The zero-order valence-corrected chi connectivity index (χ0v) is 10.3. The van der Waals surface area contributed by atoms with Crippen LogP contribution >= 0.6 is 23.2 Å². The van der Waals surface area contributed by atoms with Gasteiger partial charge in [-0.05, 0) is 30.2 Å². The van der Waals surface area contributed by atoms with Gasteiger partial charge < -0.3 is 15.3 Å². The Bertz CT molecular complexity index is 408. The van der Waals surface area contributed by atoms with Crippen molar-refractivity contribution >= 4 is 29.2 Å². The van der Waals surface area contributed by atoms with E-state index in [1.54, 1.807) is 0 Å². The van der Waals surface area contributed by atoms with Gasteiger partial charge in [0.1, 0.15) is 6.10 Å². The molecule has 0 heterocycles. The van der Waals surface area contributed by atoms with Gasteiger partial charge in [0.2, 0.25) is 0 Å². The Labute approximate surface area is 108 Å². The van der Waals surface area contributed by atoms with Gasteiger partial charge >= 0.3 is 5.97 Å². The quantitative estimate of drug-likeness (QED) is 0.721. The fourth-order valence-electron chi connectivity index (χ4n) is 1.40. The molecule has 1 rings (SSSR count). The number of carbonyl (C=O) groups is 1. The summed E-state index contributed by atoms with van der Waals surface area (Å²) in [4.78, 5) is 10.8. The maximum atomic E-state index is 10.8. The fraction of sp³-hybridized carbons (Fsp3) is 0.364. The maximum Gasteiger partial charge on any atom is 0.335 e. The van der Waals surface area contributed by atoms with Gasteiger partial charge in [0.15, 0.2) is 0 Å². The highest BCUT2D eigenvalue weighted by atomic mass is 35.5. The molecule has 17 heavy (non-hydrogen) atoms. The Hall–Kier alpha value is -0.810.